The summed E-state index contributed by atoms with van der Waals surface area (Å²) in [6.45, 7) is 3.53. The first kappa shape index (κ1) is 12.1. The molecule has 9 heavy (non-hydrogen) atoms. The lowest BCUT2D eigenvalue weighted by atomic mass is 10.4. The van der Waals surface area contributed by atoms with Crippen LogP contribution in [0.5, 0.6) is 0 Å². The second-order valence-corrected chi connectivity index (χ2v) is 1.69. The second kappa shape index (κ2) is 11.2. The standard InChI is InChI=1S/C6H14O2.H3P/c1-2-3-5-8-6-4-7;/h7H,2-6H2,1H3;1H3. The lowest BCUT2D eigenvalue weighted by molar-refractivity contribution is 0.0904. The fourth-order valence-corrected chi connectivity index (χ4v) is 0.413. The van der Waals surface area contributed by atoms with Gasteiger partial charge < -0.3 is 9.84 Å². The van der Waals surface area contributed by atoms with Gasteiger partial charge in [-0.25, -0.2) is 0 Å². The highest BCUT2D eigenvalue weighted by Gasteiger charge is 1.82. The summed E-state index contributed by atoms with van der Waals surface area (Å²) in [7, 11) is 0. The van der Waals surface area contributed by atoms with Crippen molar-refractivity contribution in [3.63, 3.8) is 0 Å². The van der Waals surface area contributed by atoms with Crippen LogP contribution in [0, 0.1) is 0 Å². The maximum Gasteiger partial charge on any atom is 0.0697 e. The molecular weight excluding hydrogens is 135 g/mol. The fourth-order valence-electron chi connectivity index (χ4n) is 0.413. The normalized spacial score (nSPS) is 8.67. The number of aliphatic hydroxyl groups excluding tert-OH is 1. The first-order valence-corrected chi connectivity index (χ1v) is 3.10. The highest BCUT2D eigenvalue weighted by molar-refractivity contribution is 6.92. The molecule has 1 atom stereocenters. The maximum absolute atomic E-state index is 8.24. The van der Waals surface area contributed by atoms with Crippen molar-refractivity contribution >= 4 is 9.90 Å². The molecule has 0 spiro atoms. The van der Waals surface area contributed by atoms with E-state index in [2.05, 4.69) is 6.92 Å². The molecule has 0 aromatic heterocycles. The van der Waals surface area contributed by atoms with Gasteiger partial charge in [-0.3, -0.25) is 0 Å². The SMILES string of the molecule is CCCCOCCO.P. The Morgan fingerprint density at radius 1 is 1.33 bits per heavy atom. The average molecular weight is 152 g/mol. The number of unbranched alkanes of at least 4 members (excludes halogenated alkanes) is 1. The van der Waals surface area contributed by atoms with Crippen molar-refractivity contribution in [2.75, 3.05) is 19.8 Å². The van der Waals surface area contributed by atoms with Gasteiger partial charge >= 0.3 is 0 Å². The molecule has 0 aromatic rings. The zero-order chi connectivity index (χ0) is 6.24. The second-order valence-electron chi connectivity index (χ2n) is 1.69. The monoisotopic (exact) mass is 152 g/mol. The molecule has 0 fully saturated rings. The number of aliphatic hydroxyl groups is 1. The van der Waals surface area contributed by atoms with Gasteiger partial charge in [-0.2, -0.15) is 9.90 Å². The minimum absolute atomic E-state index is 0. The van der Waals surface area contributed by atoms with Gasteiger partial charge in [0.25, 0.3) is 0 Å². The number of ether oxygens (including phenoxy) is 1. The van der Waals surface area contributed by atoms with E-state index in [0.29, 0.717) is 6.61 Å². The molecular formula is C6H17O2P. The highest BCUT2D eigenvalue weighted by Crippen LogP contribution is 1.85. The van der Waals surface area contributed by atoms with Gasteiger partial charge in [-0.05, 0) is 6.42 Å². The van der Waals surface area contributed by atoms with Crippen molar-refractivity contribution in [1.29, 1.82) is 0 Å². The molecule has 3 heteroatoms. The van der Waals surface area contributed by atoms with Gasteiger partial charge in [0.05, 0.1) is 13.2 Å². The van der Waals surface area contributed by atoms with Crippen molar-refractivity contribution in [1.82, 2.24) is 0 Å². The van der Waals surface area contributed by atoms with Crippen LogP contribution in [0.15, 0.2) is 0 Å². The third-order valence-corrected chi connectivity index (χ3v) is 0.878. The Morgan fingerprint density at radius 3 is 2.44 bits per heavy atom. The van der Waals surface area contributed by atoms with E-state index in [-0.39, 0.29) is 16.5 Å². The molecule has 0 amide bonds. The van der Waals surface area contributed by atoms with Crippen LogP contribution in [-0.2, 0) is 4.74 Å². The molecule has 0 saturated carbocycles. The van der Waals surface area contributed by atoms with E-state index in [9.17, 15) is 0 Å². The van der Waals surface area contributed by atoms with Crippen molar-refractivity contribution in [3.05, 3.63) is 0 Å². The van der Waals surface area contributed by atoms with E-state index in [4.69, 9.17) is 9.84 Å². The Hall–Kier alpha value is 0.350. The van der Waals surface area contributed by atoms with Gasteiger partial charge in [-0.15, -0.1) is 0 Å². The molecule has 1 N–H and O–H groups in total. The van der Waals surface area contributed by atoms with E-state index in [1.54, 1.807) is 0 Å². The van der Waals surface area contributed by atoms with Crippen LogP contribution in [0.1, 0.15) is 19.8 Å². The predicted molar refractivity (Wildman–Crippen MR) is 43.9 cm³/mol. The molecule has 0 aliphatic carbocycles. The average Bonchev–Trinajstić information content (AvgIpc) is 1.81. The first-order valence-electron chi connectivity index (χ1n) is 3.10. The van der Waals surface area contributed by atoms with Crippen molar-refractivity contribution in [2.45, 2.75) is 19.8 Å². The minimum Gasteiger partial charge on any atom is -0.394 e. The van der Waals surface area contributed by atoms with Crippen LogP contribution in [0.2, 0.25) is 0 Å². The summed E-state index contributed by atoms with van der Waals surface area (Å²) >= 11 is 0. The number of hydrogen-bond donors (Lipinski definition) is 1. The fraction of sp³-hybridized carbons (Fsp3) is 1.00. The van der Waals surface area contributed by atoms with Gasteiger partial charge in [0.2, 0.25) is 0 Å². The number of rotatable bonds is 5. The van der Waals surface area contributed by atoms with Gasteiger partial charge in [-0.1, -0.05) is 13.3 Å². The third kappa shape index (κ3) is 11.8. The maximum atomic E-state index is 8.24. The molecule has 0 saturated heterocycles. The van der Waals surface area contributed by atoms with Gasteiger partial charge in [0.1, 0.15) is 0 Å². The van der Waals surface area contributed by atoms with Crippen molar-refractivity contribution in [2.24, 2.45) is 0 Å². The molecule has 0 rings (SSSR count). The highest BCUT2D eigenvalue weighted by atomic mass is 31.0. The Morgan fingerprint density at radius 2 is 2.00 bits per heavy atom. The van der Waals surface area contributed by atoms with E-state index in [0.717, 1.165) is 19.4 Å². The van der Waals surface area contributed by atoms with E-state index < -0.39 is 0 Å². The van der Waals surface area contributed by atoms with Crippen LogP contribution in [0.25, 0.3) is 0 Å². The lowest BCUT2D eigenvalue weighted by Gasteiger charge is -1.97. The van der Waals surface area contributed by atoms with E-state index in [1.807, 2.05) is 0 Å². The Labute approximate surface area is 60.2 Å². The Bertz CT molecular complexity index is 36.0. The minimum atomic E-state index is 0. The molecule has 0 aromatic carbocycles. The van der Waals surface area contributed by atoms with Gasteiger partial charge in [0, 0.05) is 6.61 Å². The smallest absolute Gasteiger partial charge is 0.0697 e. The molecule has 58 valence electrons. The largest absolute Gasteiger partial charge is 0.394 e. The zero-order valence-corrected chi connectivity index (χ0v) is 7.51. The van der Waals surface area contributed by atoms with Crippen molar-refractivity contribution in [3.8, 4) is 0 Å². The molecule has 0 aliphatic heterocycles. The molecule has 0 heterocycles. The summed E-state index contributed by atoms with van der Waals surface area (Å²) < 4.78 is 4.97. The van der Waals surface area contributed by atoms with Crippen molar-refractivity contribution < 1.29 is 9.84 Å². The summed E-state index contributed by atoms with van der Waals surface area (Å²) in [4.78, 5) is 0. The van der Waals surface area contributed by atoms with Crippen LogP contribution < -0.4 is 0 Å². The molecule has 0 radical (unpaired) electrons. The van der Waals surface area contributed by atoms with Crippen LogP contribution >= 0.6 is 9.90 Å². The molecule has 0 aliphatic rings. The molecule has 0 bridgehead atoms. The van der Waals surface area contributed by atoms with E-state index >= 15 is 0 Å². The van der Waals surface area contributed by atoms with E-state index in [1.165, 1.54) is 0 Å². The summed E-state index contributed by atoms with van der Waals surface area (Å²) in [5.41, 5.74) is 0. The summed E-state index contributed by atoms with van der Waals surface area (Å²) in [5, 5.41) is 8.24. The Balaban J connectivity index is 0. The topological polar surface area (TPSA) is 29.5 Å². The quantitative estimate of drug-likeness (QED) is 0.467. The van der Waals surface area contributed by atoms with Crippen LogP contribution in [-0.4, -0.2) is 24.9 Å². The van der Waals surface area contributed by atoms with Gasteiger partial charge in [0.15, 0.2) is 0 Å². The Kier molecular flexibility index (Phi) is 15.0. The summed E-state index contributed by atoms with van der Waals surface area (Å²) in [5.74, 6) is 0. The summed E-state index contributed by atoms with van der Waals surface area (Å²) in [6, 6.07) is 0. The molecule has 1 unspecified atom stereocenters. The predicted octanol–water partition coefficient (Wildman–Crippen LogP) is 0.853. The zero-order valence-electron chi connectivity index (χ0n) is 6.10. The van der Waals surface area contributed by atoms with Crippen LogP contribution in [0.3, 0.4) is 0 Å². The number of hydrogen-bond acceptors (Lipinski definition) is 2. The third-order valence-electron chi connectivity index (χ3n) is 0.878. The molecule has 2 nitrogen and oxygen atoms in total. The van der Waals surface area contributed by atoms with Crippen LogP contribution in [0.4, 0.5) is 0 Å². The summed E-state index contributed by atoms with van der Waals surface area (Å²) in [6.07, 6.45) is 2.26. The first-order chi connectivity index (χ1) is 3.91. The lowest BCUT2D eigenvalue weighted by Crippen LogP contribution is -1.99.